The third-order valence-electron chi connectivity index (χ3n) is 2.19. The molecule has 0 aliphatic heterocycles. The van der Waals surface area contributed by atoms with Crippen LogP contribution in [0.5, 0.6) is 0 Å². The van der Waals surface area contributed by atoms with E-state index in [0.717, 1.165) is 0 Å². The van der Waals surface area contributed by atoms with Gasteiger partial charge in [-0.1, -0.05) is 0 Å². The van der Waals surface area contributed by atoms with Gasteiger partial charge in [0.2, 0.25) is 0 Å². The van der Waals surface area contributed by atoms with Crippen molar-refractivity contribution in [2.45, 2.75) is 26.4 Å². The molecule has 0 saturated heterocycles. The largest absolute Gasteiger partial charge is 0.444 e. The van der Waals surface area contributed by atoms with Crippen LogP contribution in [0, 0.1) is 5.82 Å². The summed E-state index contributed by atoms with van der Waals surface area (Å²) in [5, 5.41) is 5.12. The van der Waals surface area contributed by atoms with Crippen molar-refractivity contribution in [3.05, 3.63) is 35.6 Å². The lowest BCUT2D eigenvalue weighted by Crippen LogP contribution is -2.37. The molecule has 0 fully saturated rings. The zero-order valence-corrected chi connectivity index (χ0v) is 11.8. The first kappa shape index (κ1) is 15.9. The lowest BCUT2D eigenvalue weighted by Gasteiger charge is -2.19. The van der Waals surface area contributed by atoms with Gasteiger partial charge in [-0.3, -0.25) is 4.79 Å². The molecule has 0 aliphatic rings. The Kier molecular flexibility index (Phi) is 5.49. The predicted octanol–water partition coefficient (Wildman–Crippen LogP) is 2.08. The third-order valence-corrected chi connectivity index (χ3v) is 2.19. The van der Waals surface area contributed by atoms with Crippen LogP contribution in [0.1, 0.15) is 31.1 Å². The number of hydrogen-bond acceptors (Lipinski definition) is 3. The van der Waals surface area contributed by atoms with Gasteiger partial charge in [-0.2, -0.15) is 0 Å². The minimum Gasteiger partial charge on any atom is -0.444 e. The van der Waals surface area contributed by atoms with Gasteiger partial charge in [-0.25, -0.2) is 9.18 Å². The van der Waals surface area contributed by atoms with Crippen molar-refractivity contribution < 1.29 is 18.7 Å². The number of rotatable bonds is 4. The summed E-state index contributed by atoms with van der Waals surface area (Å²) in [6.07, 6.45) is -0.534. The van der Waals surface area contributed by atoms with Crippen LogP contribution in [0.15, 0.2) is 24.3 Å². The molecule has 0 atom stereocenters. The number of ether oxygens (including phenoxy) is 1. The van der Waals surface area contributed by atoms with Crippen LogP contribution < -0.4 is 10.6 Å². The minimum atomic E-state index is -0.554. The second-order valence-corrected chi connectivity index (χ2v) is 5.19. The van der Waals surface area contributed by atoms with Crippen LogP contribution >= 0.6 is 0 Å². The molecule has 0 spiro atoms. The molecular formula is C14H19FN2O3. The number of hydrogen-bond donors (Lipinski definition) is 2. The zero-order valence-electron chi connectivity index (χ0n) is 11.8. The molecule has 2 N–H and O–H groups in total. The highest BCUT2D eigenvalue weighted by atomic mass is 19.1. The van der Waals surface area contributed by atoms with Gasteiger partial charge in [0.05, 0.1) is 0 Å². The molecule has 110 valence electrons. The van der Waals surface area contributed by atoms with E-state index in [2.05, 4.69) is 10.6 Å². The highest BCUT2D eigenvalue weighted by Crippen LogP contribution is 2.06. The second-order valence-electron chi connectivity index (χ2n) is 5.19. The van der Waals surface area contributed by atoms with Gasteiger partial charge >= 0.3 is 6.09 Å². The molecule has 0 heterocycles. The van der Waals surface area contributed by atoms with Gasteiger partial charge in [0.1, 0.15) is 11.4 Å². The average Bonchev–Trinajstić information content (AvgIpc) is 2.33. The number of nitrogens with one attached hydrogen (secondary N) is 2. The van der Waals surface area contributed by atoms with E-state index >= 15 is 0 Å². The van der Waals surface area contributed by atoms with E-state index in [1.807, 2.05) is 0 Å². The van der Waals surface area contributed by atoms with Crippen molar-refractivity contribution in [3.63, 3.8) is 0 Å². The molecule has 1 rings (SSSR count). The number of benzene rings is 1. The SMILES string of the molecule is CC(C)(C)OC(=O)NCCNC(=O)c1ccc(F)cc1. The Morgan fingerprint density at radius 2 is 1.65 bits per heavy atom. The molecule has 0 radical (unpaired) electrons. The molecule has 1 aromatic carbocycles. The van der Waals surface area contributed by atoms with Gasteiger partial charge in [0.15, 0.2) is 0 Å². The Morgan fingerprint density at radius 3 is 2.20 bits per heavy atom. The summed E-state index contributed by atoms with van der Waals surface area (Å²) < 4.78 is 17.7. The van der Waals surface area contributed by atoms with E-state index in [0.29, 0.717) is 5.56 Å². The predicted molar refractivity (Wildman–Crippen MR) is 73.0 cm³/mol. The summed E-state index contributed by atoms with van der Waals surface area (Å²) in [6.45, 7) is 5.81. The molecule has 20 heavy (non-hydrogen) atoms. The maximum absolute atomic E-state index is 12.7. The smallest absolute Gasteiger partial charge is 0.407 e. The minimum absolute atomic E-state index is 0.252. The fourth-order valence-corrected chi connectivity index (χ4v) is 1.36. The Labute approximate surface area is 117 Å². The number of carbonyl (C=O) groups is 2. The highest BCUT2D eigenvalue weighted by Gasteiger charge is 2.15. The number of alkyl carbamates (subject to hydrolysis) is 1. The van der Waals surface area contributed by atoms with Crippen molar-refractivity contribution in [2.75, 3.05) is 13.1 Å². The van der Waals surface area contributed by atoms with E-state index in [1.54, 1.807) is 20.8 Å². The lowest BCUT2D eigenvalue weighted by molar-refractivity contribution is 0.0526. The molecule has 0 unspecified atom stereocenters. The summed E-state index contributed by atoms with van der Waals surface area (Å²) in [6, 6.07) is 5.22. The highest BCUT2D eigenvalue weighted by molar-refractivity contribution is 5.94. The maximum atomic E-state index is 12.7. The molecule has 6 heteroatoms. The van der Waals surface area contributed by atoms with Crippen LogP contribution in [0.4, 0.5) is 9.18 Å². The molecular weight excluding hydrogens is 263 g/mol. The summed E-state index contributed by atoms with van der Waals surface area (Å²) in [4.78, 5) is 23.0. The van der Waals surface area contributed by atoms with Gasteiger partial charge in [-0.15, -0.1) is 0 Å². The van der Waals surface area contributed by atoms with E-state index in [4.69, 9.17) is 4.74 Å². The molecule has 0 aliphatic carbocycles. The van der Waals surface area contributed by atoms with E-state index < -0.39 is 17.5 Å². The maximum Gasteiger partial charge on any atom is 0.407 e. The van der Waals surface area contributed by atoms with E-state index in [9.17, 15) is 14.0 Å². The topological polar surface area (TPSA) is 67.4 Å². The summed E-state index contributed by atoms with van der Waals surface area (Å²) in [5.74, 6) is -0.718. The monoisotopic (exact) mass is 282 g/mol. The number of carbonyl (C=O) groups excluding carboxylic acids is 2. The Balaban J connectivity index is 2.26. The van der Waals surface area contributed by atoms with Crippen LogP contribution in [0.3, 0.4) is 0 Å². The first-order valence-corrected chi connectivity index (χ1v) is 6.28. The van der Waals surface area contributed by atoms with Crippen LogP contribution in [-0.4, -0.2) is 30.7 Å². The molecule has 1 aromatic rings. The molecule has 2 amide bonds. The number of amides is 2. The van der Waals surface area contributed by atoms with Crippen LogP contribution in [0.2, 0.25) is 0 Å². The summed E-state index contributed by atoms with van der Waals surface area (Å²) in [7, 11) is 0. The van der Waals surface area contributed by atoms with Gasteiger partial charge in [-0.05, 0) is 45.0 Å². The van der Waals surface area contributed by atoms with Gasteiger partial charge < -0.3 is 15.4 Å². The Hall–Kier alpha value is -2.11. The summed E-state index contributed by atoms with van der Waals surface area (Å²) in [5.41, 5.74) is -0.190. The van der Waals surface area contributed by atoms with Crippen molar-refractivity contribution in [1.29, 1.82) is 0 Å². The fourth-order valence-electron chi connectivity index (χ4n) is 1.36. The lowest BCUT2D eigenvalue weighted by atomic mass is 10.2. The fraction of sp³-hybridized carbons (Fsp3) is 0.429. The molecule has 0 aromatic heterocycles. The first-order valence-electron chi connectivity index (χ1n) is 6.28. The second kappa shape index (κ2) is 6.88. The van der Waals surface area contributed by atoms with Crippen molar-refractivity contribution in [3.8, 4) is 0 Å². The Morgan fingerprint density at radius 1 is 1.10 bits per heavy atom. The zero-order chi connectivity index (χ0) is 15.2. The van der Waals surface area contributed by atoms with Gasteiger partial charge in [0, 0.05) is 18.7 Å². The van der Waals surface area contributed by atoms with Gasteiger partial charge in [0.25, 0.3) is 5.91 Å². The van der Waals surface area contributed by atoms with Crippen LogP contribution in [-0.2, 0) is 4.74 Å². The van der Waals surface area contributed by atoms with E-state index in [1.165, 1.54) is 24.3 Å². The Bertz CT molecular complexity index is 466. The van der Waals surface area contributed by atoms with Crippen molar-refractivity contribution in [2.24, 2.45) is 0 Å². The third kappa shape index (κ3) is 6.17. The van der Waals surface area contributed by atoms with Crippen molar-refractivity contribution in [1.82, 2.24) is 10.6 Å². The number of halogens is 1. The standard InChI is InChI=1S/C14H19FN2O3/c1-14(2,3)20-13(19)17-9-8-16-12(18)10-4-6-11(15)7-5-10/h4-7H,8-9H2,1-3H3,(H,16,18)(H,17,19). The first-order chi connectivity index (χ1) is 9.28. The van der Waals surface area contributed by atoms with Crippen LogP contribution in [0.25, 0.3) is 0 Å². The van der Waals surface area contributed by atoms with E-state index in [-0.39, 0.29) is 19.0 Å². The average molecular weight is 282 g/mol. The molecule has 0 saturated carbocycles. The molecule has 5 nitrogen and oxygen atoms in total. The summed E-state index contributed by atoms with van der Waals surface area (Å²) >= 11 is 0. The normalized spacial score (nSPS) is 10.8. The molecule has 0 bridgehead atoms. The quantitative estimate of drug-likeness (QED) is 0.831. The van der Waals surface area contributed by atoms with Crippen molar-refractivity contribution >= 4 is 12.0 Å².